The number of hydrogen-bond donors (Lipinski definition) is 0. The molecule has 2 aromatic heterocycles. The lowest BCUT2D eigenvalue weighted by molar-refractivity contribution is 0.0682. The van der Waals surface area contributed by atoms with Crippen LogP contribution in [0.1, 0.15) is 51.0 Å². The topological polar surface area (TPSA) is 46.3 Å². The number of rotatable bonds is 2. The molecule has 0 spiro atoms. The number of furan rings is 1. The zero-order valence-corrected chi connectivity index (χ0v) is 17.8. The first kappa shape index (κ1) is 18.4. The number of likely N-dealkylation sites (tertiary alicyclic amines) is 1. The van der Waals surface area contributed by atoms with E-state index in [1.54, 1.807) is 11.3 Å². The summed E-state index contributed by atoms with van der Waals surface area (Å²) in [5.74, 6) is 0.934. The first-order valence-electron chi connectivity index (χ1n) is 10.2. The lowest BCUT2D eigenvalue weighted by atomic mass is 9.97. The van der Waals surface area contributed by atoms with Crippen LogP contribution in [0.15, 0.2) is 40.8 Å². The highest BCUT2D eigenvalue weighted by atomic mass is 32.1. The minimum atomic E-state index is 0.0125. The summed E-state index contributed by atoms with van der Waals surface area (Å²) in [6, 6.07) is 12.5. The van der Waals surface area contributed by atoms with Crippen LogP contribution >= 0.6 is 11.3 Å². The van der Waals surface area contributed by atoms with E-state index in [1.807, 2.05) is 24.0 Å². The van der Waals surface area contributed by atoms with Gasteiger partial charge in [0.15, 0.2) is 5.76 Å². The van der Waals surface area contributed by atoms with Crippen LogP contribution in [-0.2, 0) is 0 Å². The van der Waals surface area contributed by atoms with E-state index >= 15 is 0 Å². The third-order valence-corrected chi connectivity index (χ3v) is 7.21. The standard InChI is InChI=1S/C24H24N2O2S/c1-14-12-15(2)21-16(3)22(28-19(21)13-14)24(27)26-10-8-17(9-11-26)23-25-18-6-4-5-7-20(18)29-23/h4-7,12-13,17H,8-11H2,1-3H3. The molecule has 1 aliphatic heterocycles. The molecule has 5 heteroatoms. The van der Waals surface area contributed by atoms with Gasteiger partial charge in [-0.05, 0) is 62.9 Å². The summed E-state index contributed by atoms with van der Waals surface area (Å²) < 4.78 is 7.27. The molecule has 1 amide bonds. The molecule has 2 aromatic carbocycles. The van der Waals surface area contributed by atoms with E-state index in [-0.39, 0.29) is 5.91 Å². The number of aromatic nitrogens is 1. The number of carbonyl (C=O) groups excluding carboxylic acids is 1. The van der Waals surface area contributed by atoms with Crippen molar-refractivity contribution >= 4 is 38.4 Å². The average Bonchev–Trinajstić information content (AvgIpc) is 3.29. The third-order valence-electron chi connectivity index (χ3n) is 6.01. The summed E-state index contributed by atoms with van der Waals surface area (Å²) in [5.41, 5.74) is 5.16. The fourth-order valence-corrected chi connectivity index (χ4v) is 5.67. The molecule has 29 heavy (non-hydrogen) atoms. The van der Waals surface area contributed by atoms with Gasteiger partial charge in [0.05, 0.1) is 15.2 Å². The second-order valence-electron chi connectivity index (χ2n) is 8.10. The molecule has 0 unspecified atom stereocenters. The molecular formula is C24H24N2O2S. The summed E-state index contributed by atoms with van der Waals surface area (Å²) >= 11 is 1.79. The number of piperidine rings is 1. The normalized spacial score (nSPS) is 15.5. The van der Waals surface area contributed by atoms with Gasteiger partial charge < -0.3 is 9.32 Å². The molecule has 1 aliphatic rings. The van der Waals surface area contributed by atoms with Gasteiger partial charge in [0, 0.05) is 30.0 Å². The smallest absolute Gasteiger partial charge is 0.289 e. The van der Waals surface area contributed by atoms with Gasteiger partial charge in [0.2, 0.25) is 0 Å². The van der Waals surface area contributed by atoms with Gasteiger partial charge in [-0.15, -0.1) is 11.3 Å². The maximum absolute atomic E-state index is 13.2. The molecule has 0 saturated carbocycles. The van der Waals surface area contributed by atoms with E-state index in [4.69, 9.17) is 9.40 Å². The highest BCUT2D eigenvalue weighted by molar-refractivity contribution is 7.18. The molecule has 148 valence electrons. The molecule has 3 heterocycles. The Kier molecular flexibility index (Phi) is 4.43. The van der Waals surface area contributed by atoms with Crippen LogP contribution in [0.3, 0.4) is 0 Å². The Morgan fingerprint density at radius 1 is 1.14 bits per heavy atom. The fourth-order valence-electron chi connectivity index (χ4n) is 4.53. The SMILES string of the molecule is Cc1cc(C)c2c(C)c(C(=O)N3CCC(c4nc5ccccc5s4)CC3)oc2c1. The molecular weight excluding hydrogens is 380 g/mol. The highest BCUT2D eigenvalue weighted by Gasteiger charge is 2.29. The Labute approximate surface area is 174 Å². The summed E-state index contributed by atoms with van der Waals surface area (Å²) in [7, 11) is 0. The van der Waals surface area contributed by atoms with Crippen molar-refractivity contribution in [3.8, 4) is 0 Å². The number of nitrogens with zero attached hydrogens (tertiary/aromatic N) is 2. The number of fused-ring (bicyclic) bond motifs is 2. The molecule has 1 saturated heterocycles. The Morgan fingerprint density at radius 3 is 2.66 bits per heavy atom. The first-order chi connectivity index (χ1) is 14.0. The maximum Gasteiger partial charge on any atom is 0.289 e. The van der Waals surface area contributed by atoms with Crippen molar-refractivity contribution in [1.29, 1.82) is 0 Å². The number of hydrogen-bond acceptors (Lipinski definition) is 4. The van der Waals surface area contributed by atoms with Crippen molar-refractivity contribution in [1.82, 2.24) is 9.88 Å². The molecule has 1 fully saturated rings. The minimum Gasteiger partial charge on any atom is -0.451 e. The number of aryl methyl sites for hydroxylation is 3. The van der Waals surface area contributed by atoms with Crippen LogP contribution < -0.4 is 0 Å². The molecule has 0 radical (unpaired) electrons. The van der Waals surface area contributed by atoms with E-state index in [2.05, 4.69) is 38.1 Å². The molecule has 4 aromatic rings. The fraction of sp³-hybridized carbons (Fsp3) is 0.333. The van der Waals surface area contributed by atoms with E-state index < -0.39 is 0 Å². The maximum atomic E-state index is 13.2. The van der Waals surface area contributed by atoms with Crippen LogP contribution in [-0.4, -0.2) is 28.9 Å². The predicted octanol–water partition coefficient (Wildman–Crippen LogP) is 5.99. The molecule has 0 N–H and O–H groups in total. The quantitative estimate of drug-likeness (QED) is 0.412. The summed E-state index contributed by atoms with van der Waals surface area (Å²) in [6.45, 7) is 7.62. The van der Waals surface area contributed by atoms with Crippen LogP contribution in [0, 0.1) is 20.8 Å². The molecule has 0 bridgehead atoms. The predicted molar refractivity (Wildman–Crippen MR) is 118 cm³/mol. The van der Waals surface area contributed by atoms with Gasteiger partial charge in [-0.25, -0.2) is 4.98 Å². The zero-order valence-electron chi connectivity index (χ0n) is 17.0. The van der Waals surface area contributed by atoms with E-state index in [9.17, 15) is 4.79 Å². The average molecular weight is 405 g/mol. The van der Waals surface area contributed by atoms with Gasteiger partial charge in [-0.2, -0.15) is 0 Å². The zero-order chi connectivity index (χ0) is 20.1. The molecule has 5 rings (SSSR count). The van der Waals surface area contributed by atoms with Crippen molar-refractivity contribution in [2.24, 2.45) is 0 Å². The van der Waals surface area contributed by atoms with Crippen LogP contribution in [0.4, 0.5) is 0 Å². The number of carbonyl (C=O) groups is 1. The van der Waals surface area contributed by atoms with Gasteiger partial charge in [0.1, 0.15) is 5.58 Å². The van der Waals surface area contributed by atoms with E-state index in [1.165, 1.54) is 9.71 Å². The Balaban J connectivity index is 1.35. The summed E-state index contributed by atoms with van der Waals surface area (Å²) in [5, 5.41) is 2.27. The van der Waals surface area contributed by atoms with Crippen LogP contribution in [0.2, 0.25) is 0 Å². The Morgan fingerprint density at radius 2 is 1.90 bits per heavy atom. The molecule has 4 nitrogen and oxygen atoms in total. The van der Waals surface area contributed by atoms with Crippen LogP contribution in [0.5, 0.6) is 0 Å². The lowest BCUT2D eigenvalue weighted by Gasteiger charge is -2.30. The number of para-hydroxylation sites is 1. The number of thiazole rings is 1. The summed E-state index contributed by atoms with van der Waals surface area (Å²) in [4.78, 5) is 20.0. The van der Waals surface area contributed by atoms with Gasteiger partial charge in [-0.1, -0.05) is 18.2 Å². The van der Waals surface area contributed by atoms with Gasteiger partial charge >= 0.3 is 0 Å². The monoisotopic (exact) mass is 404 g/mol. The Hall–Kier alpha value is -2.66. The van der Waals surface area contributed by atoms with Crippen molar-refractivity contribution in [2.75, 3.05) is 13.1 Å². The van der Waals surface area contributed by atoms with Crippen LogP contribution in [0.25, 0.3) is 21.2 Å². The Bertz CT molecular complexity index is 1200. The van der Waals surface area contributed by atoms with Crippen molar-refractivity contribution in [3.05, 3.63) is 63.9 Å². The lowest BCUT2D eigenvalue weighted by Crippen LogP contribution is -2.38. The minimum absolute atomic E-state index is 0.0125. The van der Waals surface area contributed by atoms with Crippen molar-refractivity contribution in [2.45, 2.75) is 39.5 Å². The highest BCUT2D eigenvalue weighted by Crippen LogP contribution is 2.35. The van der Waals surface area contributed by atoms with E-state index in [0.29, 0.717) is 11.7 Å². The van der Waals surface area contributed by atoms with Crippen molar-refractivity contribution < 1.29 is 9.21 Å². The molecule has 0 atom stereocenters. The second-order valence-corrected chi connectivity index (χ2v) is 9.16. The number of benzene rings is 2. The number of amides is 1. The largest absolute Gasteiger partial charge is 0.451 e. The van der Waals surface area contributed by atoms with Gasteiger partial charge in [-0.3, -0.25) is 4.79 Å². The third kappa shape index (κ3) is 3.14. The van der Waals surface area contributed by atoms with Crippen molar-refractivity contribution in [3.63, 3.8) is 0 Å². The molecule has 0 aliphatic carbocycles. The van der Waals surface area contributed by atoms with E-state index in [0.717, 1.165) is 59.1 Å². The second kappa shape index (κ2) is 6.99. The summed E-state index contributed by atoms with van der Waals surface area (Å²) in [6.07, 6.45) is 1.89. The van der Waals surface area contributed by atoms with Gasteiger partial charge in [0.25, 0.3) is 5.91 Å². The first-order valence-corrected chi connectivity index (χ1v) is 11.0.